The average Bonchev–Trinajstić information content (AvgIpc) is 2.61. The van der Waals surface area contributed by atoms with Gasteiger partial charge in [0, 0.05) is 18.9 Å². The fourth-order valence-corrected chi connectivity index (χ4v) is 2.99. The van der Waals surface area contributed by atoms with E-state index < -0.39 is 37.7 Å². The first kappa shape index (κ1) is 29.2. The van der Waals surface area contributed by atoms with Crippen molar-refractivity contribution < 1.29 is 73.3 Å². The van der Waals surface area contributed by atoms with Gasteiger partial charge in [-0.15, -0.1) is 0 Å². The fraction of sp³-hybridized carbons (Fsp3) is 0.421. The molecular weight excluding hydrogens is 426 g/mol. The van der Waals surface area contributed by atoms with E-state index in [9.17, 15) is 24.5 Å². The van der Waals surface area contributed by atoms with Crippen LogP contribution in [0.1, 0.15) is 19.8 Å². The molecule has 30 heavy (non-hydrogen) atoms. The van der Waals surface area contributed by atoms with Crippen LogP contribution in [0.2, 0.25) is 0 Å². The van der Waals surface area contributed by atoms with Crippen molar-refractivity contribution in [3.05, 3.63) is 60.8 Å². The van der Waals surface area contributed by atoms with E-state index in [4.69, 9.17) is 14.7 Å². The molecule has 1 aliphatic rings. The summed E-state index contributed by atoms with van der Waals surface area (Å²) >= 11 is 0. The van der Waals surface area contributed by atoms with Crippen LogP contribution in [0.4, 0.5) is 0 Å². The molecule has 0 bridgehead atoms. The van der Waals surface area contributed by atoms with Gasteiger partial charge in [0.1, 0.15) is 17.8 Å². The molecule has 11 heteroatoms. The van der Waals surface area contributed by atoms with E-state index in [0.717, 1.165) is 0 Å². The minimum Gasteiger partial charge on any atom is -0.756 e. The zero-order chi connectivity index (χ0) is 21.9. The molecule has 0 saturated heterocycles. The number of aliphatic hydroxyl groups excluding tert-OH is 2. The molecule has 0 aromatic rings. The van der Waals surface area contributed by atoms with Gasteiger partial charge < -0.3 is 34.4 Å². The monoisotopic (exact) mass is 452 g/mol. The van der Waals surface area contributed by atoms with Crippen LogP contribution in [0, 0.1) is 0 Å². The van der Waals surface area contributed by atoms with Crippen molar-refractivity contribution in [3.63, 3.8) is 0 Å². The smallest absolute Gasteiger partial charge is 0.756 e. The van der Waals surface area contributed by atoms with Crippen LogP contribution < -0.4 is 34.5 Å². The maximum atomic E-state index is 11.2. The summed E-state index contributed by atoms with van der Waals surface area (Å²) in [5.74, 6) is -0.541. The van der Waals surface area contributed by atoms with Crippen LogP contribution in [0.25, 0.3) is 0 Å². The second-order valence-corrected chi connectivity index (χ2v) is 7.59. The van der Waals surface area contributed by atoms with Crippen molar-refractivity contribution in [2.75, 3.05) is 6.61 Å². The van der Waals surface area contributed by atoms with Crippen molar-refractivity contribution in [3.8, 4) is 0 Å². The van der Waals surface area contributed by atoms with Crippen molar-refractivity contribution in [2.24, 2.45) is 0 Å². The predicted octanol–water partition coefficient (Wildman–Crippen LogP) is -2.57. The molecular formula is C19H26NaO9P. The first-order chi connectivity index (χ1) is 13.5. The Morgan fingerprint density at radius 2 is 2.07 bits per heavy atom. The molecule has 162 valence electrons. The van der Waals surface area contributed by atoms with Crippen molar-refractivity contribution in [2.45, 2.75) is 43.7 Å². The zero-order valence-corrected chi connectivity index (χ0v) is 19.8. The summed E-state index contributed by atoms with van der Waals surface area (Å²) in [5.41, 5.74) is -1.91. The summed E-state index contributed by atoms with van der Waals surface area (Å²) in [6, 6.07) is 0. The van der Waals surface area contributed by atoms with Gasteiger partial charge in [-0.05, 0) is 13.0 Å². The number of aliphatic hydroxyl groups is 3. The SMILES string of the molecule is C[C@@](O)(C=C[C@H]1CC=CC(=O)O1)[C@@H](C[C@@H](O)C=CC=CC=CCO)OP(=O)([O-])O.[Na+]. The second kappa shape index (κ2) is 14.3. The Balaban J connectivity index is 0.00000841. The Labute approximate surface area is 197 Å². The molecule has 9 nitrogen and oxygen atoms in total. The Bertz CT molecular complexity index is 722. The zero-order valence-electron chi connectivity index (χ0n) is 16.9. The van der Waals surface area contributed by atoms with Gasteiger partial charge in [-0.2, -0.15) is 0 Å². The summed E-state index contributed by atoms with van der Waals surface area (Å²) in [7, 11) is -5.21. The maximum Gasteiger partial charge on any atom is 1.00 e. The number of carbonyl (C=O) groups is 1. The van der Waals surface area contributed by atoms with Crippen molar-refractivity contribution in [1.29, 1.82) is 0 Å². The summed E-state index contributed by atoms with van der Waals surface area (Å²) in [6.45, 7) is 1.13. The van der Waals surface area contributed by atoms with Gasteiger partial charge in [0.25, 0.3) is 7.82 Å². The quantitative estimate of drug-likeness (QED) is 0.0870. The van der Waals surface area contributed by atoms with Crippen molar-refractivity contribution in [1.82, 2.24) is 0 Å². The molecule has 0 fully saturated rings. The second-order valence-electron chi connectivity index (χ2n) is 6.44. The van der Waals surface area contributed by atoms with Crippen LogP contribution in [0.15, 0.2) is 60.8 Å². The number of hydrogen-bond donors (Lipinski definition) is 4. The normalized spacial score (nSPS) is 23.4. The molecule has 4 N–H and O–H groups in total. The van der Waals surface area contributed by atoms with Gasteiger partial charge in [-0.25, -0.2) is 4.79 Å². The number of phosphoric acid groups is 1. The molecule has 1 unspecified atom stereocenters. The third-order valence-corrected chi connectivity index (χ3v) is 4.34. The number of carbonyl (C=O) groups excluding carboxylic acids is 1. The predicted molar refractivity (Wildman–Crippen MR) is 103 cm³/mol. The number of phosphoric ester groups is 1. The number of cyclic esters (lactones) is 1. The third-order valence-electron chi connectivity index (χ3n) is 3.81. The van der Waals surface area contributed by atoms with Gasteiger partial charge in [-0.3, -0.25) is 4.57 Å². The van der Waals surface area contributed by atoms with Gasteiger partial charge in [-0.1, -0.05) is 48.6 Å². The summed E-state index contributed by atoms with van der Waals surface area (Å²) in [4.78, 5) is 31.5. The number of allylic oxidation sites excluding steroid dienone is 4. The summed E-state index contributed by atoms with van der Waals surface area (Å²) in [6.07, 6.45) is 11.2. The number of hydrogen-bond acceptors (Lipinski definition) is 8. The molecule has 0 spiro atoms. The molecule has 1 aliphatic heterocycles. The Hall–Kier alpha value is -0.840. The maximum absolute atomic E-state index is 11.2. The molecule has 0 aromatic heterocycles. The van der Waals surface area contributed by atoms with Gasteiger partial charge in [0.2, 0.25) is 0 Å². The van der Waals surface area contributed by atoms with Crippen LogP contribution in [-0.4, -0.2) is 56.7 Å². The van der Waals surface area contributed by atoms with Crippen LogP contribution in [-0.2, 0) is 18.6 Å². The minimum atomic E-state index is -5.21. The van der Waals surface area contributed by atoms with Gasteiger partial charge in [0.05, 0.1) is 12.7 Å². The number of rotatable bonds is 11. The third kappa shape index (κ3) is 12.8. The van der Waals surface area contributed by atoms with E-state index in [2.05, 4.69) is 4.52 Å². The Kier molecular flexibility index (Phi) is 13.9. The van der Waals surface area contributed by atoms with E-state index in [1.165, 1.54) is 43.4 Å². The van der Waals surface area contributed by atoms with E-state index in [1.807, 2.05) is 0 Å². The van der Waals surface area contributed by atoms with Crippen molar-refractivity contribution >= 4 is 13.8 Å². The van der Waals surface area contributed by atoms with E-state index in [-0.39, 0.29) is 42.6 Å². The van der Waals surface area contributed by atoms with Crippen LogP contribution in [0.3, 0.4) is 0 Å². The summed E-state index contributed by atoms with van der Waals surface area (Å²) in [5, 5.41) is 29.3. The molecule has 5 atom stereocenters. The fourth-order valence-electron chi connectivity index (χ4n) is 2.37. The standard InChI is InChI=1S/C19H27O9P.Na/c1-19(23,12-11-16-9-7-10-18(22)27-16)17(28-29(24,25)26)14-15(21)8-5-3-2-4-6-13-20;/h2-8,10-12,15-17,20-21,23H,9,13-14H2,1H3,(H2,24,25,26);/q;+1/p-1/t15-,16+,17+,19+;/m0./s1. The largest absolute Gasteiger partial charge is 1.00 e. The molecule has 0 amide bonds. The van der Waals surface area contributed by atoms with E-state index >= 15 is 0 Å². The first-order valence-electron chi connectivity index (χ1n) is 8.83. The minimum absolute atomic E-state index is 0. The number of esters is 1. The average molecular weight is 452 g/mol. The summed E-state index contributed by atoms with van der Waals surface area (Å²) < 4.78 is 20.8. The first-order valence-corrected chi connectivity index (χ1v) is 10.3. The Morgan fingerprint density at radius 1 is 1.40 bits per heavy atom. The molecule has 1 heterocycles. The molecule has 0 aromatic carbocycles. The molecule has 0 aliphatic carbocycles. The van der Waals surface area contributed by atoms with Crippen LogP contribution in [0.5, 0.6) is 0 Å². The van der Waals surface area contributed by atoms with Gasteiger partial charge >= 0.3 is 35.5 Å². The topological polar surface area (TPSA) is 157 Å². The number of ether oxygens (including phenoxy) is 1. The van der Waals surface area contributed by atoms with E-state index in [0.29, 0.717) is 6.42 Å². The van der Waals surface area contributed by atoms with Crippen LogP contribution >= 0.6 is 7.82 Å². The van der Waals surface area contributed by atoms with Gasteiger partial charge in [0.15, 0.2) is 0 Å². The molecule has 0 radical (unpaired) electrons. The van der Waals surface area contributed by atoms with E-state index in [1.54, 1.807) is 24.3 Å². The molecule has 0 saturated carbocycles. The molecule has 1 rings (SSSR count). The Morgan fingerprint density at radius 3 is 2.67 bits per heavy atom.